The highest BCUT2D eigenvalue weighted by Gasteiger charge is 2.26. The molecule has 12 heavy (non-hydrogen) atoms. The van der Waals surface area contributed by atoms with Crippen LogP contribution in [0.4, 0.5) is 8.78 Å². The van der Waals surface area contributed by atoms with Gasteiger partial charge < -0.3 is 5.73 Å². The number of halogens is 2. The van der Waals surface area contributed by atoms with Crippen LogP contribution < -0.4 is 5.73 Å². The van der Waals surface area contributed by atoms with Crippen LogP contribution in [0.3, 0.4) is 0 Å². The molecule has 0 aromatic carbocycles. The van der Waals surface area contributed by atoms with Gasteiger partial charge in [0.1, 0.15) is 11.5 Å². The van der Waals surface area contributed by atoms with Gasteiger partial charge in [-0.1, -0.05) is 0 Å². The van der Waals surface area contributed by atoms with E-state index in [4.69, 9.17) is 5.73 Å². The van der Waals surface area contributed by atoms with E-state index in [1.54, 1.807) is 0 Å². The molecule has 2 nitrogen and oxygen atoms in total. The van der Waals surface area contributed by atoms with Crippen LogP contribution in [0, 0.1) is 5.82 Å². The maximum Gasteiger partial charge on any atom is 0.148 e. The van der Waals surface area contributed by atoms with Crippen molar-refractivity contribution in [3.05, 3.63) is 29.8 Å². The van der Waals surface area contributed by atoms with Crippen LogP contribution in [0.5, 0.6) is 0 Å². The van der Waals surface area contributed by atoms with Gasteiger partial charge in [0.2, 0.25) is 0 Å². The molecule has 0 aliphatic heterocycles. The Labute approximate surface area is 69.4 Å². The maximum atomic E-state index is 13.4. The van der Waals surface area contributed by atoms with Gasteiger partial charge in [-0.15, -0.1) is 0 Å². The Morgan fingerprint density at radius 1 is 1.67 bits per heavy atom. The molecule has 1 unspecified atom stereocenters. The first-order chi connectivity index (χ1) is 5.58. The highest BCUT2D eigenvalue weighted by molar-refractivity contribution is 5.20. The summed E-state index contributed by atoms with van der Waals surface area (Å²) in [6, 6.07) is 1.29. The van der Waals surface area contributed by atoms with Crippen LogP contribution >= 0.6 is 0 Å². The van der Waals surface area contributed by atoms with Crippen LogP contribution in [0.25, 0.3) is 0 Å². The van der Waals surface area contributed by atoms with Crippen molar-refractivity contribution in [2.45, 2.75) is 12.6 Å². The lowest BCUT2D eigenvalue weighted by molar-refractivity contribution is 0.196. The summed E-state index contributed by atoms with van der Waals surface area (Å²) in [5.41, 5.74) is 3.29. The summed E-state index contributed by atoms with van der Waals surface area (Å²) in [6.07, 6.45) is 2.31. The van der Waals surface area contributed by atoms with E-state index in [1.807, 2.05) is 0 Å². The molecule has 1 aromatic rings. The molecule has 0 spiro atoms. The molecule has 2 N–H and O–H groups in total. The van der Waals surface area contributed by atoms with Gasteiger partial charge in [0.15, 0.2) is 0 Å². The Bertz CT molecular complexity index is 274. The van der Waals surface area contributed by atoms with E-state index in [2.05, 4.69) is 4.98 Å². The number of rotatable bonds is 2. The number of hydrogen-bond acceptors (Lipinski definition) is 2. The summed E-state index contributed by atoms with van der Waals surface area (Å²) in [6.45, 7) is 0.999. The predicted octanol–water partition coefficient (Wildman–Crippen LogP) is 1.36. The van der Waals surface area contributed by atoms with Crippen LogP contribution in [0.2, 0.25) is 0 Å². The molecule has 4 heteroatoms. The highest BCUT2D eigenvalue weighted by atomic mass is 19.1. The van der Waals surface area contributed by atoms with Gasteiger partial charge >= 0.3 is 0 Å². The number of aromatic nitrogens is 1. The third-order valence-electron chi connectivity index (χ3n) is 1.72. The Hall–Kier alpha value is -1.03. The van der Waals surface area contributed by atoms with Crippen molar-refractivity contribution >= 4 is 0 Å². The van der Waals surface area contributed by atoms with E-state index in [1.165, 1.54) is 19.2 Å². The van der Waals surface area contributed by atoms with E-state index in [9.17, 15) is 8.78 Å². The summed E-state index contributed by atoms with van der Waals surface area (Å²) in [5, 5.41) is 0. The summed E-state index contributed by atoms with van der Waals surface area (Å²) in [7, 11) is 0. The number of nitrogens with two attached hydrogens (primary N) is 1. The number of nitrogens with zero attached hydrogens (tertiary/aromatic N) is 1. The monoisotopic (exact) mass is 172 g/mol. The molecule has 66 valence electrons. The molecule has 0 aliphatic rings. The van der Waals surface area contributed by atoms with Crippen molar-refractivity contribution in [3.63, 3.8) is 0 Å². The second kappa shape index (κ2) is 3.15. The van der Waals surface area contributed by atoms with Gasteiger partial charge in [-0.2, -0.15) is 0 Å². The molecular formula is C8H10F2N2. The minimum atomic E-state index is -1.81. The van der Waals surface area contributed by atoms with Gasteiger partial charge in [-0.3, -0.25) is 4.98 Å². The van der Waals surface area contributed by atoms with Gasteiger partial charge in [0.25, 0.3) is 0 Å². The van der Waals surface area contributed by atoms with Crippen molar-refractivity contribution in [2.24, 2.45) is 5.73 Å². The van der Waals surface area contributed by atoms with Crippen LogP contribution in [-0.2, 0) is 5.67 Å². The van der Waals surface area contributed by atoms with Gasteiger partial charge in [-0.25, -0.2) is 8.78 Å². The summed E-state index contributed by atoms with van der Waals surface area (Å²) >= 11 is 0. The fraction of sp³-hybridized carbons (Fsp3) is 0.375. The van der Waals surface area contributed by atoms with Crippen molar-refractivity contribution < 1.29 is 8.78 Å². The lowest BCUT2D eigenvalue weighted by Crippen LogP contribution is -2.27. The second-order valence-corrected chi connectivity index (χ2v) is 2.76. The number of pyridine rings is 1. The minimum absolute atomic E-state index is 0.0417. The molecule has 1 atom stereocenters. The lowest BCUT2D eigenvalue weighted by atomic mass is 9.99. The molecule has 0 aliphatic carbocycles. The van der Waals surface area contributed by atoms with E-state index in [0.717, 1.165) is 6.20 Å². The van der Waals surface area contributed by atoms with E-state index >= 15 is 0 Å². The van der Waals surface area contributed by atoms with Crippen molar-refractivity contribution in [1.29, 1.82) is 0 Å². The fourth-order valence-corrected chi connectivity index (χ4v) is 0.908. The molecule has 0 amide bonds. The Morgan fingerprint density at radius 3 is 2.83 bits per heavy atom. The number of hydrogen-bond donors (Lipinski definition) is 1. The SMILES string of the molecule is CC(F)(CN)c1ccncc1F. The third kappa shape index (κ3) is 1.58. The highest BCUT2D eigenvalue weighted by Crippen LogP contribution is 2.25. The standard InChI is InChI=1S/C8H10F2N2/c1-8(10,5-11)6-2-3-12-4-7(6)9/h2-4H,5,11H2,1H3. The zero-order valence-electron chi connectivity index (χ0n) is 6.72. The second-order valence-electron chi connectivity index (χ2n) is 2.76. The molecular weight excluding hydrogens is 162 g/mol. The largest absolute Gasteiger partial charge is 0.327 e. The first-order valence-corrected chi connectivity index (χ1v) is 3.57. The molecule has 0 fully saturated rings. The lowest BCUT2D eigenvalue weighted by Gasteiger charge is -2.18. The maximum absolute atomic E-state index is 13.4. The van der Waals surface area contributed by atoms with E-state index in [0.29, 0.717) is 0 Å². The van der Waals surface area contributed by atoms with Crippen LogP contribution in [0.15, 0.2) is 18.5 Å². The third-order valence-corrected chi connectivity index (χ3v) is 1.72. The Kier molecular flexibility index (Phi) is 2.38. The average Bonchev–Trinajstić information content (AvgIpc) is 2.05. The molecule has 0 saturated carbocycles. The van der Waals surface area contributed by atoms with Crippen molar-refractivity contribution in [1.82, 2.24) is 4.98 Å². The van der Waals surface area contributed by atoms with E-state index < -0.39 is 11.5 Å². The van der Waals surface area contributed by atoms with Crippen LogP contribution in [0.1, 0.15) is 12.5 Å². The summed E-state index contributed by atoms with van der Waals surface area (Å²) in [4.78, 5) is 3.51. The van der Waals surface area contributed by atoms with Crippen LogP contribution in [-0.4, -0.2) is 11.5 Å². The Morgan fingerprint density at radius 2 is 2.33 bits per heavy atom. The summed E-state index contributed by atoms with van der Waals surface area (Å²) < 4.78 is 26.3. The van der Waals surface area contributed by atoms with Crippen molar-refractivity contribution in [3.8, 4) is 0 Å². The Balaban J connectivity index is 3.10. The van der Waals surface area contributed by atoms with Crippen molar-refractivity contribution in [2.75, 3.05) is 6.54 Å². The zero-order chi connectivity index (χ0) is 9.19. The predicted molar refractivity (Wildman–Crippen MR) is 41.7 cm³/mol. The first kappa shape index (κ1) is 9.06. The van der Waals surface area contributed by atoms with Gasteiger partial charge in [0.05, 0.1) is 6.20 Å². The molecule has 1 rings (SSSR count). The molecule has 1 aromatic heterocycles. The topological polar surface area (TPSA) is 38.9 Å². The van der Waals surface area contributed by atoms with Gasteiger partial charge in [-0.05, 0) is 13.0 Å². The van der Waals surface area contributed by atoms with E-state index in [-0.39, 0.29) is 12.1 Å². The molecule has 1 heterocycles. The zero-order valence-corrected chi connectivity index (χ0v) is 6.72. The first-order valence-electron chi connectivity index (χ1n) is 3.57. The number of alkyl halides is 1. The smallest absolute Gasteiger partial charge is 0.148 e. The average molecular weight is 172 g/mol. The molecule has 0 radical (unpaired) electrons. The normalized spacial score (nSPS) is 15.7. The quantitative estimate of drug-likeness (QED) is 0.731. The summed E-state index contributed by atoms with van der Waals surface area (Å²) in [5.74, 6) is -0.659. The molecule has 0 bridgehead atoms. The van der Waals surface area contributed by atoms with Gasteiger partial charge in [0, 0.05) is 18.3 Å². The minimum Gasteiger partial charge on any atom is -0.327 e. The molecule has 0 saturated heterocycles. The fourth-order valence-electron chi connectivity index (χ4n) is 0.908.